The molecule has 1 amide bonds. The highest BCUT2D eigenvalue weighted by atomic mass is 16.1. The molecule has 1 N–H and O–H groups in total. The minimum Gasteiger partial charge on any atom is -0.358 e. The van der Waals surface area contributed by atoms with Gasteiger partial charge in [0, 0.05) is 31.7 Å². The molecule has 0 aliphatic carbocycles. The second-order valence-corrected chi connectivity index (χ2v) is 6.11. The van der Waals surface area contributed by atoms with Crippen molar-refractivity contribution in [3.63, 3.8) is 0 Å². The number of hydrogen-bond donors (Lipinski definition) is 1. The van der Waals surface area contributed by atoms with Gasteiger partial charge in [-0.2, -0.15) is 0 Å². The monoisotopic (exact) mass is 347 g/mol. The Bertz CT molecular complexity index is 865. The maximum atomic E-state index is 12.3. The third kappa shape index (κ3) is 4.63. The third-order valence-electron chi connectivity index (χ3n) is 4.02. The van der Waals surface area contributed by atoms with Crippen molar-refractivity contribution < 1.29 is 4.79 Å². The number of rotatable bonds is 6. The molecule has 6 heteroatoms. The molecule has 2 heterocycles. The SMILES string of the molecule is Cc1cccc(NC(=O)c2cnc(N(C)CCc3ccncc3)cn2)c1. The maximum Gasteiger partial charge on any atom is 0.275 e. The van der Waals surface area contributed by atoms with E-state index < -0.39 is 0 Å². The number of benzene rings is 1. The van der Waals surface area contributed by atoms with Gasteiger partial charge in [-0.25, -0.2) is 9.97 Å². The van der Waals surface area contributed by atoms with Crippen LogP contribution in [0.15, 0.2) is 61.2 Å². The summed E-state index contributed by atoms with van der Waals surface area (Å²) in [7, 11) is 1.96. The minimum atomic E-state index is -0.269. The minimum absolute atomic E-state index is 0.269. The second-order valence-electron chi connectivity index (χ2n) is 6.11. The van der Waals surface area contributed by atoms with Gasteiger partial charge in [0.05, 0.1) is 12.4 Å². The lowest BCUT2D eigenvalue weighted by Crippen LogP contribution is -2.22. The van der Waals surface area contributed by atoms with Crippen LogP contribution >= 0.6 is 0 Å². The van der Waals surface area contributed by atoms with Gasteiger partial charge in [-0.15, -0.1) is 0 Å². The molecule has 0 bridgehead atoms. The number of nitrogens with zero attached hydrogens (tertiary/aromatic N) is 4. The molecule has 0 radical (unpaired) electrons. The zero-order valence-electron chi connectivity index (χ0n) is 14.9. The first-order valence-corrected chi connectivity index (χ1v) is 8.42. The molecular formula is C20H21N5O. The number of pyridine rings is 1. The number of nitrogens with one attached hydrogen (secondary N) is 1. The Morgan fingerprint density at radius 1 is 1.12 bits per heavy atom. The number of aromatic nitrogens is 3. The van der Waals surface area contributed by atoms with E-state index >= 15 is 0 Å². The predicted molar refractivity (Wildman–Crippen MR) is 102 cm³/mol. The fraction of sp³-hybridized carbons (Fsp3) is 0.200. The number of hydrogen-bond acceptors (Lipinski definition) is 5. The molecule has 0 fully saturated rings. The summed E-state index contributed by atoms with van der Waals surface area (Å²) in [5.41, 5.74) is 3.34. The Morgan fingerprint density at radius 2 is 1.92 bits per heavy atom. The molecule has 0 saturated heterocycles. The normalized spacial score (nSPS) is 10.4. The fourth-order valence-corrected chi connectivity index (χ4v) is 2.51. The van der Waals surface area contributed by atoms with Gasteiger partial charge >= 0.3 is 0 Å². The first-order valence-electron chi connectivity index (χ1n) is 8.42. The summed E-state index contributed by atoms with van der Waals surface area (Å²) >= 11 is 0. The van der Waals surface area contributed by atoms with E-state index in [4.69, 9.17) is 0 Å². The molecule has 3 rings (SSSR count). The van der Waals surface area contributed by atoms with Gasteiger partial charge in [0.1, 0.15) is 11.5 Å². The van der Waals surface area contributed by atoms with E-state index in [0.29, 0.717) is 0 Å². The van der Waals surface area contributed by atoms with Crippen LogP contribution in [-0.4, -0.2) is 34.5 Å². The Labute approximate surface area is 153 Å². The summed E-state index contributed by atoms with van der Waals surface area (Å²) in [5, 5.41) is 2.83. The van der Waals surface area contributed by atoms with E-state index in [9.17, 15) is 4.79 Å². The van der Waals surface area contributed by atoms with Crippen molar-refractivity contribution in [2.24, 2.45) is 0 Å². The van der Waals surface area contributed by atoms with E-state index in [-0.39, 0.29) is 11.6 Å². The summed E-state index contributed by atoms with van der Waals surface area (Å²) in [6.07, 6.45) is 7.59. The highest BCUT2D eigenvalue weighted by Gasteiger charge is 2.10. The maximum absolute atomic E-state index is 12.3. The van der Waals surface area contributed by atoms with Crippen LogP contribution in [0.4, 0.5) is 11.5 Å². The highest BCUT2D eigenvalue weighted by Crippen LogP contribution is 2.12. The summed E-state index contributed by atoms with van der Waals surface area (Å²) in [4.78, 5) is 26.9. The van der Waals surface area contributed by atoms with E-state index in [1.54, 1.807) is 18.6 Å². The van der Waals surface area contributed by atoms with Crippen molar-refractivity contribution in [1.82, 2.24) is 15.0 Å². The topological polar surface area (TPSA) is 71.0 Å². The van der Waals surface area contributed by atoms with Gasteiger partial charge in [0.25, 0.3) is 5.91 Å². The Morgan fingerprint density at radius 3 is 2.62 bits per heavy atom. The van der Waals surface area contributed by atoms with Gasteiger partial charge in [-0.1, -0.05) is 12.1 Å². The number of anilines is 2. The molecule has 1 aromatic carbocycles. The number of carbonyl (C=O) groups excluding carboxylic acids is 1. The fourth-order valence-electron chi connectivity index (χ4n) is 2.51. The van der Waals surface area contributed by atoms with Gasteiger partial charge in [0.15, 0.2) is 0 Å². The molecule has 2 aromatic heterocycles. The Hall–Kier alpha value is -3.28. The van der Waals surface area contributed by atoms with Crippen LogP contribution in [0.1, 0.15) is 21.6 Å². The lowest BCUT2D eigenvalue weighted by molar-refractivity contribution is 0.102. The molecule has 132 valence electrons. The van der Waals surface area contributed by atoms with Crippen molar-refractivity contribution in [3.05, 3.63) is 78.0 Å². The number of aryl methyl sites for hydroxylation is 1. The third-order valence-corrected chi connectivity index (χ3v) is 4.02. The summed E-state index contributed by atoms with van der Waals surface area (Å²) in [6.45, 7) is 2.78. The molecule has 6 nitrogen and oxygen atoms in total. The molecule has 0 aliphatic heterocycles. The molecule has 26 heavy (non-hydrogen) atoms. The molecule has 0 saturated carbocycles. The Balaban J connectivity index is 1.59. The average Bonchev–Trinajstić information content (AvgIpc) is 2.67. The molecule has 0 atom stereocenters. The quantitative estimate of drug-likeness (QED) is 0.742. The lowest BCUT2D eigenvalue weighted by Gasteiger charge is -2.17. The molecule has 0 aliphatic rings. The van der Waals surface area contributed by atoms with Crippen LogP contribution < -0.4 is 10.2 Å². The van der Waals surface area contributed by atoms with Crippen LogP contribution in [0.5, 0.6) is 0 Å². The first-order chi connectivity index (χ1) is 12.6. The van der Waals surface area contributed by atoms with Crippen molar-refractivity contribution >= 4 is 17.4 Å². The summed E-state index contributed by atoms with van der Waals surface area (Å²) in [6, 6.07) is 11.6. The standard InChI is InChI=1S/C20H21N5O/c1-15-4-3-5-17(12-15)24-20(26)18-13-23-19(14-22-18)25(2)11-8-16-6-9-21-10-7-16/h3-7,9-10,12-14H,8,11H2,1-2H3,(H,24,26). The van der Waals surface area contributed by atoms with Crippen molar-refractivity contribution in [3.8, 4) is 0 Å². The first kappa shape index (κ1) is 17.5. The van der Waals surface area contributed by atoms with E-state index in [2.05, 4.69) is 20.3 Å². The van der Waals surface area contributed by atoms with Crippen molar-refractivity contribution in [2.75, 3.05) is 23.8 Å². The number of carbonyl (C=O) groups is 1. The van der Waals surface area contributed by atoms with E-state index in [0.717, 1.165) is 30.0 Å². The number of amides is 1. The van der Waals surface area contributed by atoms with Crippen LogP contribution in [0.25, 0.3) is 0 Å². The smallest absolute Gasteiger partial charge is 0.275 e. The van der Waals surface area contributed by atoms with Gasteiger partial charge in [-0.05, 0) is 48.7 Å². The number of likely N-dealkylation sites (N-methyl/N-ethyl adjacent to an activating group) is 1. The van der Waals surface area contributed by atoms with Crippen LogP contribution in [0.3, 0.4) is 0 Å². The lowest BCUT2D eigenvalue weighted by atomic mass is 10.2. The Kier molecular flexibility index (Phi) is 5.53. The van der Waals surface area contributed by atoms with E-state index in [1.807, 2.05) is 55.3 Å². The molecule has 3 aromatic rings. The zero-order valence-corrected chi connectivity index (χ0v) is 14.9. The van der Waals surface area contributed by atoms with Crippen molar-refractivity contribution in [2.45, 2.75) is 13.3 Å². The molecule has 0 unspecified atom stereocenters. The van der Waals surface area contributed by atoms with Crippen LogP contribution in [0.2, 0.25) is 0 Å². The molecule has 0 spiro atoms. The second kappa shape index (κ2) is 8.20. The predicted octanol–water partition coefficient (Wildman–Crippen LogP) is 3.11. The largest absolute Gasteiger partial charge is 0.358 e. The summed E-state index contributed by atoms with van der Waals surface area (Å²) < 4.78 is 0. The van der Waals surface area contributed by atoms with Gasteiger partial charge in [0.2, 0.25) is 0 Å². The zero-order chi connectivity index (χ0) is 18.4. The van der Waals surface area contributed by atoms with Crippen LogP contribution in [0, 0.1) is 6.92 Å². The summed E-state index contributed by atoms with van der Waals surface area (Å²) in [5.74, 6) is 0.459. The van der Waals surface area contributed by atoms with Gasteiger partial charge in [-0.3, -0.25) is 9.78 Å². The van der Waals surface area contributed by atoms with Gasteiger partial charge < -0.3 is 10.2 Å². The van der Waals surface area contributed by atoms with Crippen LogP contribution in [-0.2, 0) is 6.42 Å². The molecular weight excluding hydrogens is 326 g/mol. The van der Waals surface area contributed by atoms with E-state index in [1.165, 1.54) is 11.8 Å². The highest BCUT2D eigenvalue weighted by molar-refractivity contribution is 6.02. The van der Waals surface area contributed by atoms with Crippen molar-refractivity contribution in [1.29, 1.82) is 0 Å². The average molecular weight is 347 g/mol.